The highest BCUT2D eigenvalue weighted by Crippen LogP contribution is 2.27. The Bertz CT molecular complexity index is 1310. The van der Waals surface area contributed by atoms with Crippen LogP contribution in [0.3, 0.4) is 0 Å². The van der Waals surface area contributed by atoms with Gasteiger partial charge >= 0.3 is 0 Å². The molecule has 0 bridgehead atoms. The highest BCUT2D eigenvalue weighted by Gasteiger charge is 2.34. The van der Waals surface area contributed by atoms with Crippen LogP contribution in [0, 0.1) is 12.8 Å². The predicted octanol–water partition coefficient (Wildman–Crippen LogP) is 4.40. The maximum atomic E-state index is 13.2. The van der Waals surface area contributed by atoms with Gasteiger partial charge in [0.1, 0.15) is 0 Å². The minimum atomic E-state index is -3.65. The van der Waals surface area contributed by atoms with Crippen LogP contribution in [0.25, 0.3) is 11.4 Å². The van der Waals surface area contributed by atoms with E-state index in [4.69, 9.17) is 4.52 Å². The number of amides is 1. The Morgan fingerprint density at radius 3 is 2.42 bits per heavy atom. The molecule has 1 fully saturated rings. The van der Waals surface area contributed by atoms with E-state index in [1.54, 1.807) is 31.3 Å². The van der Waals surface area contributed by atoms with Crippen LogP contribution in [0.1, 0.15) is 50.6 Å². The van der Waals surface area contributed by atoms with Gasteiger partial charge in [0.2, 0.25) is 27.6 Å². The van der Waals surface area contributed by atoms with E-state index in [1.165, 1.54) is 14.8 Å². The summed E-state index contributed by atoms with van der Waals surface area (Å²) in [5.74, 6) is 0.254. The first-order chi connectivity index (χ1) is 16.9. The second-order valence-corrected chi connectivity index (χ2v) is 12.5. The molecule has 1 amide bonds. The molecule has 9 heteroatoms. The van der Waals surface area contributed by atoms with Gasteiger partial charge in [-0.25, -0.2) is 8.42 Å². The lowest BCUT2D eigenvalue weighted by molar-refractivity contribution is -0.136. The van der Waals surface area contributed by atoms with Crippen LogP contribution < -0.4 is 0 Å². The monoisotopic (exact) mass is 510 g/mol. The smallest absolute Gasteiger partial charge is 0.246 e. The first kappa shape index (κ1) is 26.0. The van der Waals surface area contributed by atoms with Crippen molar-refractivity contribution in [1.82, 2.24) is 19.3 Å². The summed E-state index contributed by atoms with van der Waals surface area (Å²) in [5.41, 5.74) is 3.11. The summed E-state index contributed by atoms with van der Waals surface area (Å²) >= 11 is 0. The van der Waals surface area contributed by atoms with E-state index in [9.17, 15) is 13.2 Å². The molecule has 1 aliphatic rings. The Morgan fingerprint density at radius 1 is 1.11 bits per heavy atom. The van der Waals surface area contributed by atoms with Crippen molar-refractivity contribution in [2.75, 3.05) is 20.1 Å². The molecule has 0 radical (unpaired) electrons. The number of rotatable bonds is 6. The van der Waals surface area contributed by atoms with Crippen LogP contribution in [0.4, 0.5) is 0 Å². The molecule has 192 valence electrons. The van der Waals surface area contributed by atoms with Crippen LogP contribution in [0.5, 0.6) is 0 Å². The number of piperidine rings is 1. The summed E-state index contributed by atoms with van der Waals surface area (Å²) in [6.45, 7) is 9.11. The normalized spacial score (nSPS) is 17.2. The Balaban J connectivity index is 1.40. The van der Waals surface area contributed by atoms with E-state index in [-0.39, 0.29) is 29.3 Å². The van der Waals surface area contributed by atoms with E-state index in [1.807, 2.05) is 19.1 Å². The molecule has 1 atom stereocenters. The fourth-order valence-electron chi connectivity index (χ4n) is 4.37. The molecule has 0 aliphatic carbocycles. The van der Waals surface area contributed by atoms with Gasteiger partial charge in [0, 0.05) is 25.7 Å². The number of aryl methyl sites for hydroxylation is 1. The van der Waals surface area contributed by atoms with Gasteiger partial charge in [0.25, 0.3) is 0 Å². The van der Waals surface area contributed by atoms with Gasteiger partial charge < -0.3 is 9.42 Å². The lowest BCUT2D eigenvalue weighted by Crippen LogP contribution is -2.45. The fourth-order valence-corrected chi connectivity index (χ4v) is 5.89. The lowest BCUT2D eigenvalue weighted by Gasteiger charge is -2.33. The van der Waals surface area contributed by atoms with Crippen molar-refractivity contribution in [1.29, 1.82) is 0 Å². The molecule has 1 aliphatic heterocycles. The van der Waals surface area contributed by atoms with Crippen molar-refractivity contribution < 1.29 is 17.7 Å². The maximum absolute atomic E-state index is 13.2. The Hall–Kier alpha value is -3.04. The molecule has 0 unspecified atom stereocenters. The molecular weight excluding hydrogens is 476 g/mol. The molecule has 0 saturated carbocycles. The predicted molar refractivity (Wildman–Crippen MR) is 138 cm³/mol. The van der Waals surface area contributed by atoms with Crippen LogP contribution in [0.15, 0.2) is 57.9 Å². The van der Waals surface area contributed by atoms with E-state index in [2.05, 4.69) is 43.0 Å². The highest BCUT2D eigenvalue weighted by atomic mass is 32.2. The summed E-state index contributed by atoms with van der Waals surface area (Å²) in [6.07, 6.45) is 1.27. The van der Waals surface area contributed by atoms with E-state index in [0.29, 0.717) is 31.1 Å². The number of carbonyl (C=O) groups excluding carboxylic acids is 1. The van der Waals surface area contributed by atoms with Gasteiger partial charge in [-0.15, -0.1) is 0 Å². The highest BCUT2D eigenvalue weighted by molar-refractivity contribution is 7.89. The zero-order chi connectivity index (χ0) is 26.1. The van der Waals surface area contributed by atoms with Gasteiger partial charge in [-0.1, -0.05) is 67.9 Å². The standard InChI is InChI=1S/C27H34N4O4S/c1-19-8-14-23(15-9-19)36(33,34)31-16-6-7-21(17-31)26(32)30(5)18-24-28-25(29-35-24)20-10-12-22(13-11-20)27(2,3)4/h8-15,21H,6-7,16-18H2,1-5H3/t21-/m1/s1. The largest absolute Gasteiger partial charge is 0.337 e. The average molecular weight is 511 g/mol. The third-order valence-electron chi connectivity index (χ3n) is 6.62. The number of hydrogen-bond acceptors (Lipinski definition) is 6. The van der Waals surface area contributed by atoms with Crippen molar-refractivity contribution in [3.05, 3.63) is 65.5 Å². The second-order valence-electron chi connectivity index (χ2n) is 10.5. The van der Waals surface area contributed by atoms with E-state index < -0.39 is 15.9 Å². The molecule has 3 aromatic rings. The molecule has 1 aromatic heterocycles. The molecule has 0 N–H and O–H groups in total. The summed E-state index contributed by atoms with van der Waals surface area (Å²) in [6, 6.07) is 14.8. The Morgan fingerprint density at radius 2 is 1.78 bits per heavy atom. The van der Waals surface area contributed by atoms with Gasteiger partial charge in [-0.2, -0.15) is 9.29 Å². The molecule has 2 aromatic carbocycles. The number of carbonyl (C=O) groups is 1. The first-order valence-corrected chi connectivity index (χ1v) is 13.6. The number of benzene rings is 2. The van der Waals surface area contributed by atoms with Gasteiger partial charge in [0.05, 0.1) is 17.4 Å². The summed E-state index contributed by atoms with van der Waals surface area (Å²) in [7, 11) is -1.97. The molecule has 0 spiro atoms. The van der Waals surface area contributed by atoms with Crippen LogP contribution >= 0.6 is 0 Å². The number of hydrogen-bond donors (Lipinski definition) is 0. The third-order valence-corrected chi connectivity index (χ3v) is 8.50. The van der Waals surface area contributed by atoms with Gasteiger partial charge in [0.15, 0.2) is 0 Å². The average Bonchev–Trinajstić information content (AvgIpc) is 3.32. The SMILES string of the molecule is Cc1ccc(S(=O)(=O)N2CCC[C@@H](C(=O)N(C)Cc3nc(-c4ccc(C(C)(C)C)cc4)no3)C2)cc1. The van der Waals surface area contributed by atoms with Gasteiger partial charge in [-0.3, -0.25) is 4.79 Å². The van der Waals surface area contributed by atoms with Crippen LogP contribution in [-0.4, -0.2) is 53.8 Å². The number of aromatic nitrogens is 2. The molecular formula is C27H34N4O4S. The Labute approximate surface area is 213 Å². The van der Waals surface area contributed by atoms with E-state index >= 15 is 0 Å². The molecule has 1 saturated heterocycles. The Kier molecular flexibility index (Phi) is 7.33. The van der Waals surface area contributed by atoms with Crippen molar-refractivity contribution in [2.24, 2.45) is 5.92 Å². The van der Waals surface area contributed by atoms with E-state index in [0.717, 1.165) is 11.1 Å². The number of sulfonamides is 1. The second kappa shape index (κ2) is 10.1. The zero-order valence-electron chi connectivity index (χ0n) is 21.6. The minimum Gasteiger partial charge on any atom is -0.337 e. The molecule has 8 nitrogen and oxygen atoms in total. The van der Waals surface area contributed by atoms with Crippen molar-refractivity contribution >= 4 is 15.9 Å². The summed E-state index contributed by atoms with van der Waals surface area (Å²) < 4.78 is 33.0. The lowest BCUT2D eigenvalue weighted by atomic mass is 9.87. The maximum Gasteiger partial charge on any atom is 0.246 e. The first-order valence-electron chi connectivity index (χ1n) is 12.2. The fraction of sp³-hybridized carbons (Fsp3) is 0.444. The molecule has 4 rings (SSSR count). The van der Waals surface area contributed by atoms with Crippen molar-refractivity contribution in [2.45, 2.75) is 57.4 Å². The van der Waals surface area contributed by atoms with Crippen molar-refractivity contribution in [3.63, 3.8) is 0 Å². The summed E-state index contributed by atoms with van der Waals surface area (Å²) in [5, 5.41) is 4.08. The van der Waals surface area contributed by atoms with Crippen LogP contribution in [-0.2, 0) is 26.8 Å². The molecule has 2 heterocycles. The zero-order valence-corrected chi connectivity index (χ0v) is 22.4. The van der Waals surface area contributed by atoms with Gasteiger partial charge in [-0.05, 0) is 42.9 Å². The quantitative estimate of drug-likeness (QED) is 0.488. The van der Waals surface area contributed by atoms with Crippen molar-refractivity contribution in [3.8, 4) is 11.4 Å². The number of nitrogens with zero attached hydrogens (tertiary/aromatic N) is 4. The van der Waals surface area contributed by atoms with Crippen LogP contribution in [0.2, 0.25) is 0 Å². The molecule has 36 heavy (non-hydrogen) atoms. The topological polar surface area (TPSA) is 96.6 Å². The minimum absolute atomic E-state index is 0.0538. The third kappa shape index (κ3) is 5.68. The summed E-state index contributed by atoms with van der Waals surface area (Å²) in [4.78, 5) is 19.4.